The van der Waals surface area contributed by atoms with Gasteiger partial charge in [-0.05, 0) is 43.2 Å². The van der Waals surface area contributed by atoms with Crippen molar-refractivity contribution in [3.05, 3.63) is 48.2 Å². The monoisotopic (exact) mass is 482 g/mol. The van der Waals surface area contributed by atoms with Crippen LogP contribution in [0.2, 0.25) is 0 Å². The van der Waals surface area contributed by atoms with Crippen molar-refractivity contribution in [2.75, 3.05) is 26.3 Å². The molecule has 2 amide bonds. The van der Waals surface area contributed by atoms with Crippen LogP contribution in [-0.2, 0) is 16.6 Å². The molecule has 2 heterocycles. The van der Waals surface area contributed by atoms with Gasteiger partial charge in [0.2, 0.25) is 5.91 Å². The van der Waals surface area contributed by atoms with E-state index >= 15 is 0 Å². The molecule has 9 nitrogen and oxygen atoms in total. The lowest BCUT2D eigenvalue weighted by atomic mass is 10.1. The SMILES string of the molecule is CC.CC(=O)N1CCC(OCCOc2ccc(Oc3cc4c(cnn4C)cc3C(N)=O)cc2)CC1. The zero-order valence-electron chi connectivity index (χ0n) is 20.8. The van der Waals surface area contributed by atoms with Gasteiger partial charge in [0, 0.05) is 38.5 Å². The molecular weight excluding hydrogens is 448 g/mol. The number of ether oxygens (including phenoxy) is 3. The van der Waals surface area contributed by atoms with Crippen molar-refractivity contribution < 1.29 is 23.8 Å². The molecule has 0 bridgehead atoms. The number of amides is 2. The standard InChI is InChI=1S/C24H28N4O5.C2H6/c1-16(29)28-9-7-19(8-10-28)32-12-11-31-18-3-5-20(6-4-18)33-23-14-22-17(15-26-27(22)2)13-21(23)24(25)30;1-2/h3-6,13-15,19H,7-12H2,1-2H3,(H2,25,30);1-2H3. The van der Waals surface area contributed by atoms with E-state index in [0.29, 0.717) is 36.0 Å². The van der Waals surface area contributed by atoms with Crippen LogP contribution in [0.5, 0.6) is 17.2 Å². The highest BCUT2D eigenvalue weighted by atomic mass is 16.5. The summed E-state index contributed by atoms with van der Waals surface area (Å²) < 4.78 is 19.3. The van der Waals surface area contributed by atoms with Gasteiger partial charge in [-0.1, -0.05) is 13.8 Å². The Morgan fingerprint density at radius 1 is 1.06 bits per heavy atom. The smallest absolute Gasteiger partial charge is 0.252 e. The van der Waals surface area contributed by atoms with Gasteiger partial charge < -0.3 is 24.8 Å². The molecule has 1 saturated heterocycles. The largest absolute Gasteiger partial charge is 0.491 e. The Morgan fingerprint density at radius 2 is 1.71 bits per heavy atom. The molecule has 188 valence electrons. The second kappa shape index (κ2) is 12.2. The Hall–Kier alpha value is -3.59. The minimum atomic E-state index is -0.567. The van der Waals surface area contributed by atoms with Crippen molar-refractivity contribution in [1.82, 2.24) is 14.7 Å². The quantitative estimate of drug-likeness (QED) is 0.488. The first-order chi connectivity index (χ1) is 16.9. The van der Waals surface area contributed by atoms with Crippen molar-refractivity contribution in [3.63, 3.8) is 0 Å². The highest BCUT2D eigenvalue weighted by molar-refractivity contribution is 6.00. The third-order valence-electron chi connectivity index (χ3n) is 5.76. The normalized spacial score (nSPS) is 13.8. The molecule has 0 radical (unpaired) electrons. The molecule has 0 unspecified atom stereocenters. The number of piperidine rings is 1. The van der Waals surface area contributed by atoms with E-state index in [-0.39, 0.29) is 12.0 Å². The number of benzene rings is 2. The Labute approximate surface area is 205 Å². The second-order valence-corrected chi connectivity index (χ2v) is 8.04. The van der Waals surface area contributed by atoms with Crippen molar-refractivity contribution >= 4 is 22.7 Å². The third-order valence-corrected chi connectivity index (χ3v) is 5.76. The van der Waals surface area contributed by atoms with E-state index in [1.807, 2.05) is 25.8 Å². The molecule has 1 aliphatic rings. The van der Waals surface area contributed by atoms with E-state index in [9.17, 15) is 9.59 Å². The minimum absolute atomic E-state index is 0.118. The summed E-state index contributed by atoms with van der Waals surface area (Å²) in [6.45, 7) is 7.99. The van der Waals surface area contributed by atoms with E-state index in [1.54, 1.807) is 54.2 Å². The maximum atomic E-state index is 11.9. The molecule has 0 atom stereocenters. The fraction of sp³-hybridized carbons (Fsp3) is 0.423. The highest BCUT2D eigenvalue weighted by Crippen LogP contribution is 2.30. The number of rotatable bonds is 8. The number of aromatic nitrogens is 2. The summed E-state index contributed by atoms with van der Waals surface area (Å²) in [6.07, 6.45) is 3.54. The van der Waals surface area contributed by atoms with Crippen molar-refractivity contribution in [3.8, 4) is 17.2 Å². The maximum absolute atomic E-state index is 11.9. The number of nitrogens with zero attached hydrogens (tertiary/aromatic N) is 3. The van der Waals surface area contributed by atoms with Gasteiger partial charge in [-0.2, -0.15) is 5.10 Å². The lowest BCUT2D eigenvalue weighted by molar-refractivity contribution is -0.131. The van der Waals surface area contributed by atoms with Gasteiger partial charge in [-0.3, -0.25) is 14.3 Å². The summed E-state index contributed by atoms with van der Waals surface area (Å²) in [5.74, 6) is 1.17. The van der Waals surface area contributed by atoms with Gasteiger partial charge in [0.15, 0.2) is 0 Å². The van der Waals surface area contributed by atoms with Gasteiger partial charge in [0.25, 0.3) is 5.91 Å². The molecule has 35 heavy (non-hydrogen) atoms. The van der Waals surface area contributed by atoms with E-state index < -0.39 is 5.91 Å². The first-order valence-electron chi connectivity index (χ1n) is 11.9. The van der Waals surface area contributed by atoms with E-state index in [0.717, 1.165) is 36.8 Å². The fourth-order valence-electron chi connectivity index (χ4n) is 3.90. The Bertz CT molecular complexity index is 1130. The second-order valence-electron chi connectivity index (χ2n) is 8.04. The summed E-state index contributed by atoms with van der Waals surface area (Å²) in [5, 5.41) is 5.01. The molecule has 2 aromatic carbocycles. The number of likely N-dealkylation sites (tertiary alicyclic amines) is 1. The molecule has 4 rings (SSSR count). The lowest BCUT2D eigenvalue weighted by Gasteiger charge is -2.31. The number of aryl methyl sites for hydroxylation is 1. The molecule has 1 aromatic heterocycles. The van der Waals surface area contributed by atoms with Crippen LogP contribution in [0.4, 0.5) is 0 Å². The number of nitrogens with two attached hydrogens (primary N) is 1. The zero-order chi connectivity index (χ0) is 25.4. The third kappa shape index (κ3) is 6.73. The van der Waals surface area contributed by atoms with Gasteiger partial charge in [0.1, 0.15) is 23.9 Å². The van der Waals surface area contributed by atoms with Crippen molar-refractivity contribution in [2.24, 2.45) is 12.8 Å². The van der Waals surface area contributed by atoms with Gasteiger partial charge in [0.05, 0.1) is 30.0 Å². The lowest BCUT2D eigenvalue weighted by Crippen LogP contribution is -2.40. The maximum Gasteiger partial charge on any atom is 0.252 e. The van der Waals surface area contributed by atoms with E-state index in [1.165, 1.54) is 0 Å². The van der Waals surface area contributed by atoms with Crippen LogP contribution >= 0.6 is 0 Å². The minimum Gasteiger partial charge on any atom is -0.491 e. The predicted molar refractivity (Wildman–Crippen MR) is 134 cm³/mol. The van der Waals surface area contributed by atoms with Crippen LogP contribution < -0.4 is 15.2 Å². The highest BCUT2D eigenvalue weighted by Gasteiger charge is 2.21. The Morgan fingerprint density at radius 3 is 2.34 bits per heavy atom. The van der Waals surface area contributed by atoms with Crippen LogP contribution in [0.25, 0.3) is 10.9 Å². The van der Waals surface area contributed by atoms with E-state index in [4.69, 9.17) is 19.9 Å². The average Bonchev–Trinajstić information content (AvgIpc) is 3.23. The fourth-order valence-corrected chi connectivity index (χ4v) is 3.90. The molecule has 1 aliphatic heterocycles. The predicted octanol–water partition coefficient (Wildman–Crippen LogP) is 3.90. The van der Waals surface area contributed by atoms with Crippen molar-refractivity contribution in [1.29, 1.82) is 0 Å². The molecule has 0 aliphatic carbocycles. The Balaban J connectivity index is 0.00000167. The molecule has 3 aromatic rings. The summed E-state index contributed by atoms with van der Waals surface area (Å²) in [4.78, 5) is 25.1. The molecule has 9 heteroatoms. The number of fused-ring (bicyclic) bond motifs is 1. The zero-order valence-corrected chi connectivity index (χ0v) is 20.8. The van der Waals surface area contributed by atoms with Crippen LogP contribution in [0.1, 0.15) is 44.0 Å². The molecule has 0 spiro atoms. The van der Waals surface area contributed by atoms with Crippen LogP contribution in [0, 0.1) is 0 Å². The number of primary amides is 1. The first-order valence-corrected chi connectivity index (χ1v) is 11.9. The van der Waals surface area contributed by atoms with Gasteiger partial charge in [-0.25, -0.2) is 0 Å². The average molecular weight is 483 g/mol. The van der Waals surface area contributed by atoms with Crippen LogP contribution in [0.3, 0.4) is 0 Å². The molecule has 1 fully saturated rings. The summed E-state index contributed by atoms with van der Waals surface area (Å²) in [7, 11) is 1.82. The Kier molecular flexibility index (Phi) is 9.08. The number of carbonyl (C=O) groups excluding carboxylic acids is 2. The van der Waals surface area contributed by atoms with Gasteiger partial charge in [-0.15, -0.1) is 0 Å². The van der Waals surface area contributed by atoms with Crippen molar-refractivity contribution in [2.45, 2.75) is 39.7 Å². The summed E-state index contributed by atoms with van der Waals surface area (Å²) in [5.41, 5.74) is 6.67. The topological polar surface area (TPSA) is 109 Å². The van der Waals surface area contributed by atoms with Crippen LogP contribution in [0.15, 0.2) is 42.6 Å². The van der Waals surface area contributed by atoms with Crippen LogP contribution in [-0.4, -0.2) is 58.9 Å². The molecule has 0 saturated carbocycles. The number of carbonyl (C=O) groups is 2. The van der Waals surface area contributed by atoms with E-state index in [2.05, 4.69) is 5.10 Å². The van der Waals surface area contributed by atoms with Gasteiger partial charge >= 0.3 is 0 Å². The number of hydrogen-bond donors (Lipinski definition) is 1. The summed E-state index contributed by atoms with van der Waals surface area (Å²) in [6, 6.07) is 10.6. The molecular formula is C26H34N4O5. The molecule has 2 N–H and O–H groups in total. The number of hydrogen-bond acceptors (Lipinski definition) is 6. The summed E-state index contributed by atoms with van der Waals surface area (Å²) >= 11 is 0. The first kappa shape index (κ1) is 26.0.